The molecule has 268 valence electrons. The molecule has 0 atom stereocenters. The minimum atomic E-state index is -2.92. The van der Waals surface area contributed by atoms with Gasteiger partial charge < -0.3 is 4.57 Å². The van der Waals surface area contributed by atoms with Crippen LogP contribution in [0.4, 0.5) is 0 Å². The topological polar surface area (TPSA) is 35.6 Å². The summed E-state index contributed by atoms with van der Waals surface area (Å²) in [5.41, 5.74) is 8.62. The molecule has 7 aromatic carbocycles. The van der Waals surface area contributed by atoms with E-state index in [9.17, 15) is 0 Å². The molecule has 11 aromatic rings. The van der Waals surface area contributed by atoms with E-state index < -0.39 is 8.07 Å². The molecule has 0 saturated heterocycles. The third-order valence-electron chi connectivity index (χ3n) is 11.5. The summed E-state index contributed by atoms with van der Waals surface area (Å²) in [7, 11) is -2.92. The summed E-state index contributed by atoms with van der Waals surface area (Å²) in [6, 6.07) is 74.9. The molecule has 0 spiro atoms. The number of aromatic nitrogens is 4. The monoisotopic (exact) mass is 744 g/mol. The third-order valence-corrected chi connectivity index (χ3v) is 16.3. The number of fused-ring (bicyclic) bond motifs is 7. The summed E-state index contributed by atoms with van der Waals surface area (Å²) < 4.78 is 4.73. The van der Waals surface area contributed by atoms with Crippen LogP contribution in [0.1, 0.15) is 0 Å². The van der Waals surface area contributed by atoms with Crippen LogP contribution in [0.5, 0.6) is 0 Å². The van der Waals surface area contributed by atoms with E-state index in [1.54, 1.807) is 0 Å². The van der Waals surface area contributed by atoms with E-state index in [-0.39, 0.29) is 0 Å². The highest BCUT2D eigenvalue weighted by Crippen LogP contribution is 2.41. The van der Waals surface area contributed by atoms with Gasteiger partial charge in [-0.05, 0) is 69.3 Å². The van der Waals surface area contributed by atoms with Crippen LogP contribution in [0, 0.1) is 0 Å². The van der Waals surface area contributed by atoms with Gasteiger partial charge in [-0.3, -0.25) is 9.55 Å². The summed E-state index contributed by atoms with van der Waals surface area (Å²) in [4.78, 5) is 10.1. The fraction of sp³-hybridized carbons (Fsp3) is 0. The van der Waals surface area contributed by atoms with Crippen LogP contribution in [0.15, 0.2) is 219 Å². The van der Waals surface area contributed by atoms with Crippen molar-refractivity contribution in [2.24, 2.45) is 0 Å². The van der Waals surface area contributed by atoms with Gasteiger partial charge in [0.25, 0.3) is 0 Å². The Hall–Kier alpha value is -7.34. The van der Waals surface area contributed by atoms with Gasteiger partial charge in [-0.2, -0.15) is 0 Å². The molecule has 11 rings (SSSR count). The minimum absolute atomic E-state index is 0.945. The van der Waals surface area contributed by atoms with Crippen molar-refractivity contribution >= 4 is 72.6 Å². The first-order valence-electron chi connectivity index (χ1n) is 19.4. The Morgan fingerprint density at radius 2 is 0.912 bits per heavy atom. The van der Waals surface area contributed by atoms with E-state index in [1.807, 2.05) is 12.3 Å². The van der Waals surface area contributed by atoms with Gasteiger partial charge in [-0.1, -0.05) is 158 Å². The molecular weight excluding hydrogens is 709 g/mol. The molecule has 5 heteroatoms. The zero-order chi connectivity index (χ0) is 37.8. The maximum atomic E-state index is 5.36. The number of pyridine rings is 2. The predicted molar refractivity (Wildman–Crippen MR) is 240 cm³/mol. The van der Waals surface area contributed by atoms with Gasteiger partial charge in [0.05, 0.1) is 28.4 Å². The lowest BCUT2D eigenvalue weighted by Gasteiger charge is -2.35. The zero-order valence-electron chi connectivity index (χ0n) is 31.1. The second-order valence-electron chi connectivity index (χ2n) is 14.6. The summed E-state index contributed by atoms with van der Waals surface area (Å²) in [6.07, 6.45) is 3.94. The van der Waals surface area contributed by atoms with E-state index in [4.69, 9.17) is 9.97 Å². The molecule has 0 bridgehead atoms. The van der Waals surface area contributed by atoms with E-state index in [0.29, 0.717) is 0 Å². The van der Waals surface area contributed by atoms with Crippen LogP contribution in [0.25, 0.3) is 66.4 Å². The smallest absolute Gasteiger partial charge is 0.179 e. The lowest BCUT2D eigenvalue weighted by molar-refractivity contribution is 1.13. The molecule has 0 N–H and O–H groups in total. The van der Waals surface area contributed by atoms with Crippen LogP contribution >= 0.6 is 0 Å². The Balaban J connectivity index is 1.21. The Kier molecular flexibility index (Phi) is 7.79. The molecule has 0 radical (unpaired) electrons. The molecule has 0 saturated carbocycles. The van der Waals surface area contributed by atoms with Crippen molar-refractivity contribution in [1.82, 2.24) is 19.1 Å². The maximum absolute atomic E-state index is 5.36. The Morgan fingerprint density at radius 3 is 1.60 bits per heavy atom. The molecule has 0 aliphatic carbocycles. The Labute approximate surface area is 331 Å². The van der Waals surface area contributed by atoms with Crippen LogP contribution < -0.4 is 20.7 Å². The lowest BCUT2D eigenvalue weighted by Crippen LogP contribution is -2.74. The summed E-state index contributed by atoms with van der Waals surface area (Å²) in [5.74, 6) is 0. The lowest BCUT2D eigenvalue weighted by atomic mass is 10.1. The van der Waals surface area contributed by atoms with E-state index >= 15 is 0 Å². The number of hydrogen-bond donors (Lipinski definition) is 0. The number of hydrogen-bond acceptors (Lipinski definition) is 2. The first-order valence-corrected chi connectivity index (χ1v) is 21.4. The van der Waals surface area contributed by atoms with Crippen molar-refractivity contribution in [2.75, 3.05) is 0 Å². The van der Waals surface area contributed by atoms with Crippen LogP contribution in [-0.4, -0.2) is 27.2 Å². The van der Waals surface area contributed by atoms with Crippen molar-refractivity contribution in [1.29, 1.82) is 0 Å². The highest BCUT2D eigenvalue weighted by molar-refractivity contribution is 7.20. The normalized spacial score (nSPS) is 11.9. The van der Waals surface area contributed by atoms with Crippen molar-refractivity contribution in [2.45, 2.75) is 0 Å². The SMILES string of the molecule is c1ccc(-n2c3ccccc3c3c4c5ccccc5n(-c5cccc([Si](c6ccccc6)(c6ccccc6)c6cccc(-c7ccccn7)c6)c5)c4ncc32)cc1. The average Bonchev–Trinajstić information content (AvgIpc) is 3.81. The van der Waals surface area contributed by atoms with Gasteiger partial charge in [-0.15, -0.1) is 0 Å². The van der Waals surface area contributed by atoms with E-state index in [2.05, 4.69) is 216 Å². The minimum Gasteiger partial charge on any atom is -0.308 e. The number of rotatable bonds is 7. The zero-order valence-corrected chi connectivity index (χ0v) is 32.1. The number of para-hydroxylation sites is 3. The van der Waals surface area contributed by atoms with Gasteiger partial charge in [0.15, 0.2) is 8.07 Å². The molecule has 4 nitrogen and oxygen atoms in total. The van der Waals surface area contributed by atoms with Gasteiger partial charge in [0.2, 0.25) is 0 Å². The second kappa shape index (κ2) is 13.4. The molecule has 57 heavy (non-hydrogen) atoms. The van der Waals surface area contributed by atoms with Crippen LogP contribution in [0.3, 0.4) is 0 Å². The Bertz CT molecular complexity index is 3190. The molecule has 0 amide bonds. The number of benzene rings is 7. The predicted octanol–water partition coefficient (Wildman–Crippen LogP) is 9.72. The molecule has 0 fully saturated rings. The molecule has 4 aromatic heterocycles. The first kappa shape index (κ1) is 33.0. The van der Waals surface area contributed by atoms with Crippen LogP contribution in [0.2, 0.25) is 0 Å². The fourth-order valence-electron chi connectivity index (χ4n) is 9.18. The van der Waals surface area contributed by atoms with Crippen LogP contribution in [-0.2, 0) is 0 Å². The summed E-state index contributed by atoms with van der Waals surface area (Å²) in [6.45, 7) is 0. The molecular formula is C52H36N4Si. The average molecular weight is 745 g/mol. The summed E-state index contributed by atoms with van der Waals surface area (Å²) in [5, 5.41) is 10.0. The van der Waals surface area contributed by atoms with Crippen molar-refractivity contribution in [3.63, 3.8) is 0 Å². The standard InChI is InChI=1S/C52H36N4Si/c1-4-19-38(20-5-1)55-47-31-12-10-28-44(47)50-49(55)36-54-52-51(50)45-29-11-13-32-48(45)56(52)39-21-17-27-43(35-39)57(40-22-6-2-7-23-40,41-24-8-3-9-25-41)42-26-16-18-37(34-42)46-30-14-15-33-53-46/h1-36H. The first-order chi connectivity index (χ1) is 28.3. The third kappa shape index (κ3) is 5.13. The quantitative estimate of drug-likeness (QED) is 0.120. The number of nitrogens with zero attached hydrogens (tertiary/aromatic N) is 4. The van der Waals surface area contributed by atoms with E-state index in [0.717, 1.165) is 44.7 Å². The highest BCUT2D eigenvalue weighted by atomic mass is 28.3. The van der Waals surface area contributed by atoms with Crippen molar-refractivity contribution in [3.8, 4) is 22.6 Å². The highest BCUT2D eigenvalue weighted by Gasteiger charge is 2.42. The van der Waals surface area contributed by atoms with Gasteiger partial charge in [0.1, 0.15) is 5.65 Å². The maximum Gasteiger partial charge on any atom is 0.179 e. The molecule has 4 heterocycles. The van der Waals surface area contributed by atoms with Gasteiger partial charge in [0, 0.05) is 44.7 Å². The van der Waals surface area contributed by atoms with Crippen molar-refractivity contribution in [3.05, 3.63) is 219 Å². The molecule has 0 aliphatic rings. The fourth-order valence-corrected chi connectivity index (χ4v) is 14.0. The summed E-state index contributed by atoms with van der Waals surface area (Å²) >= 11 is 0. The van der Waals surface area contributed by atoms with Gasteiger partial charge >= 0.3 is 0 Å². The largest absolute Gasteiger partial charge is 0.308 e. The second-order valence-corrected chi connectivity index (χ2v) is 18.4. The molecule has 0 unspecified atom stereocenters. The molecule has 0 aliphatic heterocycles. The van der Waals surface area contributed by atoms with Gasteiger partial charge in [-0.25, -0.2) is 4.98 Å². The van der Waals surface area contributed by atoms with Crippen molar-refractivity contribution < 1.29 is 0 Å². The Morgan fingerprint density at radius 1 is 0.368 bits per heavy atom. The van der Waals surface area contributed by atoms with E-state index in [1.165, 1.54) is 42.4 Å².